The highest BCUT2D eigenvalue weighted by atomic mass is 16.4. The maximum Gasteiger partial charge on any atom is 0.328 e. The SMILES string of the molecule is O=C(O)C=Cc1cc(N2CCCc3ccccc3C2)nc2ccccc12. The number of nitrogens with zero attached hydrogens (tertiary/aromatic N) is 2. The molecule has 0 bridgehead atoms. The highest BCUT2D eigenvalue weighted by Crippen LogP contribution is 2.27. The highest BCUT2D eigenvalue weighted by Gasteiger charge is 2.16. The van der Waals surface area contributed by atoms with Gasteiger partial charge in [0.1, 0.15) is 5.82 Å². The summed E-state index contributed by atoms with van der Waals surface area (Å²) < 4.78 is 0. The Morgan fingerprint density at radius 2 is 1.85 bits per heavy atom. The van der Waals surface area contributed by atoms with Crippen LogP contribution in [-0.4, -0.2) is 22.6 Å². The van der Waals surface area contributed by atoms with Crippen LogP contribution in [0.25, 0.3) is 17.0 Å². The van der Waals surface area contributed by atoms with E-state index in [2.05, 4.69) is 29.2 Å². The topological polar surface area (TPSA) is 53.4 Å². The number of aryl methyl sites for hydroxylation is 1. The number of rotatable bonds is 3. The molecule has 130 valence electrons. The van der Waals surface area contributed by atoms with Crippen molar-refractivity contribution in [2.45, 2.75) is 19.4 Å². The minimum Gasteiger partial charge on any atom is -0.478 e. The average molecular weight is 344 g/mol. The number of carbonyl (C=O) groups is 1. The van der Waals surface area contributed by atoms with E-state index in [1.165, 1.54) is 17.2 Å². The lowest BCUT2D eigenvalue weighted by Gasteiger charge is -2.23. The first-order chi connectivity index (χ1) is 12.7. The van der Waals surface area contributed by atoms with Gasteiger partial charge in [0.05, 0.1) is 5.52 Å². The molecule has 0 unspecified atom stereocenters. The molecular formula is C22H20N2O2. The molecule has 1 aliphatic rings. The summed E-state index contributed by atoms with van der Waals surface area (Å²) >= 11 is 0. The predicted octanol–water partition coefficient (Wildman–Crippen LogP) is 4.29. The van der Waals surface area contributed by atoms with Gasteiger partial charge in [0, 0.05) is 24.6 Å². The Hall–Kier alpha value is -3.14. The molecule has 1 aromatic heterocycles. The van der Waals surface area contributed by atoms with Crippen molar-refractivity contribution in [3.63, 3.8) is 0 Å². The highest BCUT2D eigenvalue weighted by molar-refractivity contribution is 5.93. The van der Waals surface area contributed by atoms with Crippen LogP contribution >= 0.6 is 0 Å². The maximum atomic E-state index is 11.0. The Balaban J connectivity index is 1.78. The molecule has 0 aliphatic carbocycles. The van der Waals surface area contributed by atoms with Gasteiger partial charge in [0.2, 0.25) is 0 Å². The third-order valence-corrected chi connectivity index (χ3v) is 4.82. The van der Waals surface area contributed by atoms with Gasteiger partial charge in [-0.1, -0.05) is 42.5 Å². The summed E-state index contributed by atoms with van der Waals surface area (Å²) in [7, 11) is 0. The van der Waals surface area contributed by atoms with Gasteiger partial charge in [0.25, 0.3) is 0 Å². The van der Waals surface area contributed by atoms with Crippen LogP contribution in [-0.2, 0) is 17.8 Å². The molecular weight excluding hydrogens is 324 g/mol. The standard InChI is InChI=1S/C22H20N2O2/c25-22(26)12-11-17-14-21(23-20-10-4-3-9-19(17)20)24-13-5-8-16-6-1-2-7-18(16)15-24/h1-4,6-7,9-12,14H,5,8,13,15H2,(H,25,26). The summed E-state index contributed by atoms with van der Waals surface area (Å²) in [5, 5.41) is 9.96. The lowest BCUT2D eigenvalue weighted by Crippen LogP contribution is -2.23. The molecule has 4 rings (SSSR count). The second-order valence-corrected chi connectivity index (χ2v) is 6.55. The molecule has 1 aliphatic heterocycles. The fourth-order valence-electron chi connectivity index (χ4n) is 3.54. The average Bonchev–Trinajstić information content (AvgIpc) is 2.88. The number of aliphatic carboxylic acids is 1. The monoisotopic (exact) mass is 344 g/mol. The normalized spacial score (nSPS) is 14.4. The van der Waals surface area contributed by atoms with Gasteiger partial charge in [-0.15, -0.1) is 0 Å². The largest absolute Gasteiger partial charge is 0.478 e. The molecule has 2 heterocycles. The number of hydrogen-bond donors (Lipinski definition) is 1. The Morgan fingerprint density at radius 1 is 1.08 bits per heavy atom. The molecule has 0 spiro atoms. The molecule has 3 aromatic rings. The Morgan fingerprint density at radius 3 is 2.69 bits per heavy atom. The Labute approximate surface area is 152 Å². The molecule has 0 saturated heterocycles. The number of hydrogen-bond acceptors (Lipinski definition) is 3. The van der Waals surface area contributed by atoms with Crippen molar-refractivity contribution in [2.75, 3.05) is 11.4 Å². The van der Waals surface area contributed by atoms with Gasteiger partial charge < -0.3 is 10.0 Å². The smallest absolute Gasteiger partial charge is 0.328 e. The number of anilines is 1. The lowest BCUT2D eigenvalue weighted by atomic mass is 10.0. The summed E-state index contributed by atoms with van der Waals surface area (Å²) in [6.07, 6.45) is 4.99. The van der Waals surface area contributed by atoms with Gasteiger partial charge in [-0.2, -0.15) is 0 Å². The van der Waals surface area contributed by atoms with Crippen molar-refractivity contribution in [3.05, 3.63) is 77.4 Å². The zero-order valence-electron chi connectivity index (χ0n) is 14.4. The van der Waals surface area contributed by atoms with Crippen LogP contribution in [0.1, 0.15) is 23.1 Å². The van der Waals surface area contributed by atoms with Gasteiger partial charge in [0.15, 0.2) is 0 Å². The first-order valence-electron chi connectivity index (χ1n) is 8.83. The van der Waals surface area contributed by atoms with E-state index >= 15 is 0 Å². The second-order valence-electron chi connectivity index (χ2n) is 6.55. The van der Waals surface area contributed by atoms with E-state index in [1.54, 1.807) is 6.08 Å². The van der Waals surface area contributed by atoms with E-state index in [0.29, 0.717) is 0 Å². The Bertz CT molecular complexity index is 994. The minimum atomic E-state index is -0.948. The third kappa shape index (κ3) is 3.31. The van der Waals surface area contributed by atoms with E-state index in [-0.39, 0.29) is 0 Å². The van der Waals surface area contributed by atoms with Crippen LogP contribution in [0.2, 0.25) is 0 Å². The lowest BCUT2D eigenvalue weighted by molar-refractivity contribution is -0.131. The molecule has 0 atom stereocenters. The van der Waals surface area contributed by atoms with Crippen LogP contribution in [0.4, 0.5) is 5.82 Å². The molecule has 0 saturated carbocycles. The number of benzene rings is 2. The van der Waals surface area contributed by atoms with Gasteiger partial charge in [-0.25, -0.2) is 9.78 Å². The number of aromatic nitrogens is 1. The predicted molar refractivity (Wildman–Crippen MR) is 104 cm³/mol. The fraction of sp³-hybridized carbons (Fsp3) is 0.182. The summed E-state index contributed by atoms with van der Waals surface area (Å²) in [6, 6.07) is 18.4. The molecule has 0 radical (unpaired) electrons. The van der Waals surface area contributed by atoms with Crippen molar-refractivity contribution in [2.24, 2.45) is 0 Å². The van der Waals surface area contributed by atoms with Gasteiger partial charge in [-0.3, -0.25) is 0 Å². The zero-order chi connectivity index (χ0) is 17.9. The quantitative estimate of drug-likeness (QED) is 0.720. The minimum absolute atomic E-state index is 0.823. The Kier molecular flexibility index (Phi) is 4.40. The fourth-order valence-corrected chi connectivity index (χ4v) is 3.54. The molecule has 0 amide bonds. The first kappa shape index (κ1) is 16.3. The van der Waals surface area contributed by atoms with Crippen molar-refractivity contribution in [3.8, 4) is 0 Å². The van der Waals surface area contributed by atoms with Crippen molar-refractivity contribution in [1.29, 1.82) is 0 Å². The first-order valence-corrected chi connectivity index (χ1v) is 8.83. The van der Waals surface area contributed by atoms with Crippen LogP contribution in [0.15, 0.2) is 60.7 Å². The van der Waals surface area contributed by atoms with Crippen molar-refractivity contribution in [1.82, 2.24) is 4.98 Å². The number of carboxylic acid groups (broad SMARTS) is 1. The molecule has 0 fully saturated rings. The summed E-state index contributed by atoms with van der Waals surface area (Å²) in [5.74, 6) is -0.0541. The van der Waals surface area contributed by atoms with Crippen molar-refractivity contribution >= 4 is 28.8 Å². The van der Waals surface area contributed by atoms with E-state index < -0.39 is 5.97 Å². The number of para-hydroxylation sites is 1. The van der Waals surface area contributed by atoms with Crippen LogP contribution in [0, 0.1) is 0 Å². The van der Waals surface area contributed by atoms with E-state index in [4.69, 9.17) is 10.1 Å². The number of pyridine rings is 1. The van der Waals surface area contributed by atoms with Gasteiger partial charge in [-0.05, 0) is 47.7 Å². The van der Waals surface area contributed by atoms with Crippen LogP contribution in [0.3, 0.4) is 0 Å². The summed E-state index contributed by atoms with van der Waals surface area (Å²) in [4.78, 5) is 18.1. The molecule has 4 heteroatoms. The maximum absolute atomic E-state index is 11.0. The van der Waals surface area contributed by atoms with E-state index in [1.807, 2.05) is 30.3 Å². The van der Waals surface area contributed by atoms with Crippen molar-refractivity contribution < 1.29 is 9.90 Å². The number of fused-ring (bicyclic) bond motifs is 2. The second kappa shape index (κ2) is 7.00. The molecule has 2 aromatic carbocycles. The number of carboxylic acids is 1. The van der Waals surface area contributed by atoms with Gasteiger partial charge >= 0.3 is 5.97 Å². The molecule has 26 heavy (non-hydrogen) atoms. The summed E-state index contributed by atoms with van der Waals surface area (Å²) in [6.45, 7) is 1.76. The zero-order valence-corrected chi connectivity index (χ0v) is 14.4. The third-order valence-electron chi connectivity index (χ3n) is 4.82. The molecule has 1 N–H and O–H groups in total. The van der Waals surface area contributed by atoms with E-state index in [9.17, 15) is 4.79 Å². The van der Waals surface area contributed by atoms with Crippen LogP contribution in [0.5, 0.6) is 0 Å². The van der Waals surface area contributed by atoms with Crippen LogP contribution < -0.4 is 4.90 Å². The summed E-state index contributed by atoms with van der Waals surface area (Å²) in [5.41, 5.74) is 4.50. The van der Waals surface area contributed by atoms with E-state index in [0.717, 1.165) is 48.2 Å². The molecule has 4 nitrogen and oxygen atoms in total.